The van der Waals surface area contributed by atoms with Crippen molar-refractivity contribution in [3.63, 3.8) is 0 Å². The number of hydrogen-bond acceptors (Lipinski definition) is 2. The Kier molecular flexibility index (Phi) is 6.44. The topological polar surface area (TPSA) is 0 Å². The molecule has 0 aromatic carbocycles. The maximum atomic E-state index is 2.23. The Hall–Kier alpha value is 1.30. The molecule has 1 saturated heterocycles. The molecule has 36 valence electrons. The maximum absolute atomic E-state index is 2.23. The van der Waals surface area contributed by atoms with Gasteiger partial charge in [0, 0.05) is 0 Å². The van der Waals surface area contributed by atoms with Crippen molar-refractivity contribution in [2.45, 2.75) is 6.42 Å². The molecular formula is C4H7LiS2. The molecule has 0 unspecified atom stereocenters. The van der Waals surface area contributed by atoms with Gasteiger partial charge in [0.1, 0.15) is 0 Å². The second-order valence-corrected chi connectivity index (χ2v) is 3.44. The first kappa shape index (κ1) is 8.30. The summed E-state index contributed by atoms with van der Waals surface area (Å²) in [6.07, 6.45) is 1.39. The standard InChI is InChI=1S/C4H7S2.Li/c1-2-5-4-6-3-1;/h4H,1-3H2;/q-1;+1. The van der Waals surface area contributed by atoms with Crippen molar-refractivity contribution < 1.29 is 18.9 Å². The van der Waals surface area contributed by atoms with Crippen LogP contribution in [-0.2, 0) is 0 Å². The SMILES string of the molecule is [CH-]1SCCCS1.[Li+]. The molecule has 0 amide bonds. The van der Waals surface area contributed by atoms with Gasteiger partial charge in [0.15, 0.2) is 0 Å². The minimum Gasteiger partial charge on any atom is -0.341 e. The van der Waals surface area contributed by atoms with Gasteiger partial charge >= 0.3 is 18.9 Å². The molecule has 0 bridgehead atoms. The molecule has 0 radical (unpaired) electrons. The van der Waals surface area contributed by atoms with E-state index < -0.39 is 0 Å². The normalized spacial score (nSPS) is 20.6. The summed E-state index contributed by atoms with van der Waals surface area (Å²) >= 11 is 3.87. The van der Waals surface area contributed by atoms with E-state index in [9.17, 15) is 0 Å². The van der Waals surface area contributed by atoms with Crippen LogP contribution >= 0.6 is 23.5 Å². The van der Waals surface area contributed by atoms with E-state index in [1.807, 2.05) is 23.5 Å². The van der Waals surface area contributed by atoms with Gasteiger partial charge in [-0.3, -0.25) is 0 Å². The molecule has 7 heavy (non-hydrogen) atoms. The summed E-state index contributed by atoms with van der Waals surface area (Å²) in [5, 5.41) is 2.23. The summed E-state index contributed by atoms with van der Waals surface area (Å²) in [4.78, 5) is 0. The summed E-state index contributed by atoms with van der Waals surface area (Å²) in [5.41, 5.74) is 0. The van der Waals surface area contributed by atoms with Crippen LogP contribution in [0, 0.1) is 5.08 Å². The Morgan fingerprint density at radius 1 is 1.14 bits per heavy atom. The molecule has 0 N–H and O–H groups in total. The first-order valence-electron chi connectivity index (χ1n) is 2.05. The molecule has 1 aliphatic heterocycles. The van der Waals surface area contributed by atoms with Crippen LogP contribution in [0.15, 0.2) is 0 Å². The fourth-order valence-electron chi connectivity index (χ4n) is 0.370. The minimum absolute atomic E-state index is 0. The summed E-state index contributed by atoms with van der Waals surface area (Å²) in [6.45, 7) is 0. The monoisotopic (exact) mass is 126 g/mol. The van der Waals surface area contributed by atoms with Gasteiger partial charge in [0.05, 0.1) is 0 Å². The van der Waals surface area contributed by atoms with Crippen LogP contribution in [0.2, 0.25) is 0 Å². The summed E-state index contributed by atoms with van der Waals surface area (Å²) < 4.78 is 0. The van der Waals surface area contributed by atoms with Crippen LogP contribution in [0.1, 0.15) is 6.42 Å². The van der Waals surface area contributed by atoms with Crippen molar-refractivity contribution in [2.24, 2.45) is 0 Å². The molecular weight excluding hydrogens is 119 g/mol. The predicted molar refractivity (Wildman–Crippen MR) is 33.8 cm³/mol. The molecule has 0 aromatic heterocycles. The van der Waals surface area contributed by atoms with E-state index in [1.54, 1.807) is 0 Å². The van der Waals surface area contributed by atoms with E-state index >= 15 is 0 Å². The van der Waals surface area contributed by atoms with E-state index in [1.165, 1.54) is 17.9 Å². The fourth-order valence-corrected chi connectivity index (χ4v) is 2.33. The van der Waals surface area contributed by atoms with E-state index in [-0.39, 0.29) is 18.9 Å². The van der Waals surface area contributed by atoms with Crippen molar-refractivity contribution >= 4 is 23.5 Å². The molecule has 3 heteroatoms. The van der Waals surface area contributed by atoms with Crippen molar-refractivity contribution in [2.75, 3.05) is 11.5 Å². The predicted octanol–water partition coefficient (Wildman–Crippen LogP) is -1.02. The Balaban J connectivity index is 0.000000360. The molecule has 1 aliphatic rings. The van der Waals surface area contributed by atoms with Crippen LogP contribution in [-0.4, -0.2) is 11.5 Å². The smallest absolute Gasteiger partial charge is 0.341 e. The second-order valence-electron chi connectivity index (χ2n) is 1.19. The molecule has 0 saturated carbocycles. The van der Waals surface area contributed by atoms with Gasteiger partial charge in [0.25, 0.3) is 0 Å². The first-order valence-corrected chi connectivity index (χ1v) is 4.15. The van der Waals surface area contributed by atoms with Gasteiger partial charge in [0.2, 0.25) is 0 Å². The Morgan fingerprint density at radius 3 is 1.86 bits per heavy atom. The number of hydrogen-bond donors (Lipinski definition) is 0. The largest absolute Gasteiger partial charge is 1.00 e. The maximum Gasteiger partial charge on any atom is 1.00 e. The van der Waals surface area contributed by atoms with Gasteiger partial charge in [-0.05, 0) is 17.9 Å². The Bertz CT molecular complexity index is 25.2. The van der Waals surface area contributed by atoms with E-state index in [2.05, 4.69) is 5.08 Å². The Morgan fingerprint density at radius 2 is 1.71 bits per heavy atom. The number of thioether (sulfide) groups is 2. The molecule has 0 spiro atoms. The zero-order valence-corrected chi connectivity index (χ0v) is 6.15. The summed E-state index contributed by atoms with van der Waals surface area (Å²) in [7, 11) is 0. The van der Waals surface area contributed by atoms with E-state index in [4.69, 9.17) is 0 Å². The molecule has 1 rings (SSSR count). The van der Waals surface area contributed by atoms with Gasteiger partial charge in [-0.15, -0.1) is 0 Å². The van der Waals surface area contributed by atoms with E-state index in [0.29, 0.717) is 0 Å². The molecule has 0 aliphatic carbocycles. The third-order valence-electron chi connectivity index (χ3n) is 0.660. The van der Waals surface area contributed by atoms with Crippen molar-refractivity contribution in [1.29, 1.82) is 0 Å². The van der Waals surface area contributed by atoms with E-state index in [0.717, 1.165) is 0 Å². The molecule has 1 heterocycles. The van der Waals surface area contributed by atoms with Crippen molar-refractivity contribution in [3.8, 4) is 0 Å². The van der Waals surface area contributed by atoms with Crippen LogP contribution in [0.3, 0.4) is 0 Å². The number of rotatable bonds is 0. The molecule has 0 nitrogen and oxygen atoms in total. The summed E-state index contributed by atoms with van der Waals surface area (Å²) in [5.74, 6) is 2.68. The van der Waals surface area contributed by atoms with Crippen LogP contribution in [0.25, 0.3) is 0 Å². The minimum atomic E-state index is 0. The zero-order valence-electron chi connectivity index (χ0n) is 4.52. The second kappa shape index (κ2) is 5.43. The Labute approximate surface area is 65.4 Å². The summed E-state index contributed by atoms with van der Waals surface area (Å²) in [6, 6.07) is 0. The van der Waals surface area contributed by atoms with Gasteiger partial charge in [-0.2, -0.15) is 0 Å². The third-order valence-corrected chi connectivity index (χ3v) is 2.80. The van der Waals surface area contributed by atoms with Gasteiger partial charge in [-0.25, -0.2) is 5.08 Å². The van der Waals surface area contributed by atoms with Gasteiger partial charge in [-0.1, -0.05) is 0 Å². The molecule has 1 fully saturated rings. The van der Waals surface area contributed by atoms with Crippen LogP contribution in [0.4, 0.5) is 0 Å². The van der Waals surface area contributed by atoms with Crippen molar-refractivity contribution in [3.05, 3.63) is 5.08 Å². The first-order chi connectivity index (χ1) is 3.00. The zero-order chi connectivity index (χ0) is 4.24. The third kappa shape index (κ3) is 3.85. The quantitative estimate of drug-likeness (QED) is 0.301. The average Bonchev–Trinajstić information content (AvgIpc) is 1.72. The molecule has 0 aromatic rings. The van der Waals surface area contributed by atoms with Crippen LogP contribution in [0.5, 0.6) is 0 Å². The fraction of sp³-hybridized carbons (Fsp3) is 0.750. The van der Waals surface area contributed by atoms with Gasteiger partial charge < -0.3 is 23.5 Å². The molecule has 0 atom stereocenters. The van der Waals surface area contributed by atoms with Crippen molar-refractivity contribution in [1.82, 2.24) is 0 Å². The average molecular weight is 126 g/mol. The van der Waals surface area contributed by atoms with Crippen LogP contribution < -0.4 is 18.9 Å².